The van der Waals surface area contributed by atoms with Gasteiger partial charge in [0.2, 0.25) is 8.32 Å². The molecule has 1 heterocycles. The standard InChI is InChI=1S/C22H36N2O4Si/c1-21(2,3)27-20(26)24-16(14-25)11-15-13-23-19-10-9-17(12-18(15)19)28-29(7,8)22(4,5)6/h9-10,12-13,16,23,25H,11,14H2,1-8H3,(H,24,26)/t16-/m0/s1. The van der Waals surface area contributed by atoms with Crippen LogP contribution >= 0.6 is 0 Å². The molecule has 0 saturated carbocycles. The Morgan fingerprint density at radius 3 is 2.41 bits per heavy atom. The number of hydrogen-bond donors (Lipinski definition) is 3. The first-order chi connectivity index (χ1) is 13.2. The first kappa shape index (κ1) is 23.3. The first-order valence-corrected chi connectivity index (χ1v) is 13.0. The number of amides is 1. The van der Waals surface area contributed by atoms with Crippen LogP contribution in [0.4, 0.5) is 4.79 Å². The number of aromatic amines is 1. The average molecular weight is 421 g/mol. The van der Waals surface area contributed by atoms with Gasteiger partial charge in [-0.1, -0.05) is 20.8 Å². The van der Waals surface area contributed by atoms with E-state index < -0.39 is 26.1 Å². The number of fused-ring (bicyclic) bond motifs is 1. The van der Waals surface area contributed by atoms with Crippen molar-refractivity contribution in [2.45, 2.75) is 77.7 Å². The maximum absolute atomic E-state index is 12.1. The second-order valence-electron chi connectivity index (χ2n) is 10.1. The summed E-state index contributed by atoms with van der Waals surface area (Å²) in [5.74, 6) is 0.852. The van der Waals surface area contributed by atoms with Crippen molar-refractivity contribution in [1.29, 1.82) is 0 Å². The fraction of sp³-hybridized carbons (Fsp3) is 0.591. The van der Waals surface area contributed by atoms with Gasteiger partial charge < -0.3 is 24.6 Å². The van der Waals surface area contributed by atoms with Gasteiger partial charge in [0.25, 0.3) is 0 Å². The summed E-state index contributed by atoms with van der Waals surface area (Å²) in [5, 5.41) is 13.6. The van der Waals surface area contributed by atoms with Crippen LogP contribution in [0.1, 0.15) is 47.1 Å². The molecule has 7 heteroatoms. The van der Waals surface area contributed by atoms with Gasteiger partial charge in [-0.05, 0) is 69.1 Å². The first-order valence-electron chi connectivity index (χ1n) is 10.1. The Morgan fingerprint density at radius 1 is 1.21 bits per heavy atom. The van der Waals surface area contributed by atoms with Gasteiger partial charge in [0, 0.05) is 17.1 Å². The van der Waals surface area contributed by atoms with Crippen LogP contribution in [0.2, 0.25) is 18.1 Å². The van der Waals surface area contributed by atoms with E-state index in [0.29, 0.717) is 6.42 Å². The lowest BCUT2D eigenvalue weighted by atomic mass is 10.1. The Bertz CT molecular complexity index is 847. The molecular formula is C22H36N2O4Si. The lowest BCUT2D eigenvalue weighted by molar-refractivity contribution is 0.0483. The molecule has 0 bridgehead atoms. The van der Waals surface area contributed by atoms with Gasteiger partial charge >= 0.3 is 6.09 Å². The Balaban J connectivity index is 2.20. The quantitative estimate of drug-likeness (QED) is 0.576. The van der Waals surface area contributed by atoms with Crippen molar-refractivity contribution >= 4 is 25.3 Å². The monoisotopic (exact) mass is 420 g/mol. The molecule has 1 amide bonds. The van der Waals surface area contributed by atoms with E-state index in [0.717, 1.165) is 22.2 Å². The Hall–Kier alpha value is -1.99. The van der Waals surface area contributed by atoms with Crippen LogP contribution < -0.4 is 9.74 Å². The molecule has 0 fully saturated rings. The van der Waals surface area contributed by atoms with Gasteiger partial charge in [0.1, 0.15) is 11.4 Å². The predicted octanol–water partition coefficient (Wildman–Crippen LogP) is 4.98. The number of aliphatic hydroxyl groups excluding tert-OH is 1. The molecule has 162 valence electrons. The molecule has 29 heavy (non-hydrogen) atoms. The fourth-order valence-electron chi connectivity index (χ4n) is 2.74. The van der Waals surface area contributed by atoms with Crippen LogP contribution in [0.15, 0.2) is 24.4 Å². The number of hydrogen-bond acceptors (Lipinski definition) is 4. The summed E-state index contributed by atoms with van der Waals surface area (Å²) in [6.07, 6.45) is 1.87. The minimum Gasteiger partial charge on any atom is -0.543 e. The maximum atomic E-state index is 12.1. The van der Waals surface area contributed by atoms with E-state index >= 15 is 0 Å². The molecule has 1 aromatic heterocycles. The van der Waals surface area contributed by atoms with Gasteiger partial charge in [0.15, 0.2) is 0 Å². The summed E-state index contributed by atoms with van der Waals surface area (Å²) in [5.41, 5.74) is 1.42. The summed E-state index contributed by atoms with van der Waals surface area (Å²) in [6.45, 7) is 16.4. The van der Waals surface area contributed by atoms with Gasteiger partial charge in [0.05, 0.1) is 12.6 Å². The van der Waals surface area contributed by atoms with Crippen molar-refractivity contribution in [3.8, 4) is 5.75 Å². The van der Waals surface area contributed by atoms with Gasteiger partial charge in [-0.3, -0.25) is 0 Å². The fourth-order valence-corrected chi connectivity index (χ4v) is 3.76. The van der Waals surface area contributed by atoms with E-state index in [1.165, 1.54) is 0 Å². The number of carbonyl (C=O) groups excluding carboxylic acids is 1. The largest absolute Gasteiger partial charge is 0.543 e. The van der Waals surface area contributed by atoms with E-state index in [4.69, 9.17) is 9.16 Å². The third-order valence-electron chi connectivity index (χ3n) is 5.33. The Morgan fingerprint density at radius 2 is 1.86 bits per heavy atom. The molecule has 0 radical (unpaired) electrons. The van der Waals surface area contributed by atoms with Crippen molar-refractivity contribution in [2.75, 3.05) is 6.61 Å². The second-order valence-corrected chi connectivity index (χ2v) is 14.8. The predicted molar refractivity (Wildman–Crippen MR) is 120 cm³/mol. The summed E-state index contributed by atoms with van der Waals surface area (Å²) in [6, 6.07) is 5.61. The highest BCUT2D eigenvalue weighted by Crippen LogP contribution is 2.38. The number of H-pyrrole nitrogens is 1. The molecule has 2 rings (SSSR count). The summed E-state index contributed by atoms with van der Waals surface area (Å²) < 4.78 is 11.7. The topological polar surface area (TPSA) is 83.6 Å². The molecular weight excluding hydrogens is 384 g/mol. The highest BCUT2D eigenvalue weighted by Gasteiger charge is 2.39. The van der Waals surface area contributed by atoms with Crippen molar-refractivity contribution in [1.82, 2.24) is 10.3 Å². The molecule has 0 saturated heterocycles. The van der Waals surface area contributed by atoms with Gasteiger partial charge in [-0.2, -0.15) is 0 Å². The van der Waals surface area contributed by atoms with E-state index in [1.807, 2.05) is 45.2 Å². The number of ether oxygens (including phenoxy) is 1. The maximum Gasteiger partial charge on any atom is 0.407 e. The van der Waals surface area contributed by atoms with Crippen LogP contribution in [0.25, 0.3) is 10.9 Å². The highest BCUT2D eigenvalue weighted by molar-refractivity contribution is 6.74. The van der Waals surface area contributed by atoms with E-state index in [9.17, 15) is 9.90 Å². The molecule has 1 aromatic carbocycles. The van der Waals surface area contributed by atoms with Gasteiger partial charge in [-0.25, -0.2) is 4.79 Å². The molecule has 1 atom stereocenters. The molecule has 0 aliphatic rings. The van der Waals surface area contributed by atoms with Crippen LogP contribution in [-0.2, 0) is 11.2 Å². The number of aromatic nitrogens is 1. The zero-order valence-electron chi connectivity index (χ0n) is 19.0. The molecule has 0 aliphatic carbocycles. The molecule has 0 unspecified atom stereocenters. The summed E-state index contributed by atoms with van der Waals surface area (Å²) in [4.78, 5) is 15.3. The van der Waals surface area contributed by atoms with E-state index in [1.54, 1.807) is 0 Å². The number of carbonyl (C=O) groups is 1. The van der Waals surface area contributed by atoms with Crippen molar-refractivity contribution in [2.24, 2.45) is 0 Å². The zero-order valence-corrected chi connectivity index (χ0v) is 20.0. The number of alkyl carbamates (subject to hydrolysis) is 1. The van der Waals surface area contributed by atoms with Gasteiger partial charge in [-0.15, -0.1) is 0 Å². The molecule has 3 N–H and O–H groups in total. The second kappa shape index (κ2) is 8.40. The van der Waals surface area contributed by atoms with Crippen LogP contribution in [0.3, 0.4) is 0 Å². The Kier molecular flexibility index (Phi) is 6.74. The van der Waals surface area contributed by atoms with Crippen LogP contribution in [0.5, 0.6) is 5.75 Å². The molecule has 6 nitrogen and oxygen atoms in total. The Labute approximate surface area is 175 Å². The zero-order chi connectivity index (χ0) is 22.0. The number of aliphatic hydroxyl groups is 1. The lowest BCUT2D eigenvalue weighted by Crippen LogP contribution is -2.43. The minimum atomic E-state index is -1.94. The molecule has 2 aromatic rings. The summed E-state index contributed by atoms with van der Waals surface area (Å²) in [7, 11) is -1.94. The SMILES string of the molecule is CC(C)(C)OC(=O)N[C@H](CO)Cc1c[nH]c2ccc(O[Si](C)(C)C(C)(C)C)cc12. The molecule has 0 aliphatic heterocycles. The van der Waals surface area contributed by atoms with E-state index in [-0.39, 0.29) is 11.6 Å². The average Bonchev–Trinajstić information content (AvgIpc) is 2.93. The van der Waals surface area contributed by atoms with Crippen molar-refractivity contribution in [3.63, 3.8) is 0 Å². The number of benzene rings is 1. The normalized spacial score (nSPS) is 14.0. The smallest absolute Gasteiger partial charge is 0.407 e. The third kappa shape index (κ3) is 6.24. The summed E-state index contributed by atoms with van der Waals surface area (Å²) >= 11 is 0. The van der Waals surface area contributed by atoms with E-state index in [2.05, 4.69) is 44.2 Å². The molecule has 0 spiro atoms. The highest BCUT2D eigenvalue weighted by atomic mass is 28.4. The lowest BCUT2D eigenvalue weighted by Gasteiger charge is -2.36. The minimum absolute atomic E-state index is 0.113. The third-order valence-corrected chi connectivity index (χ3v) is 9.68. The number of rotatable bonds is 6. The van der Waals surface area contributed by atoms with Crippen molar-refractivity contribution < 1.29 is 19.1 Å². The van der Waals surface area contributed by atoms with Crippen LogP contribution in [-0.4, -0.2) is 42.8 Å². The van der Waals surface area contributed by atoms with Crippen LogP contribution in [0, 0.1) is 0 Å². The number of nitrogens with one attached hydrogen (secondary N) is 2. The van der Waals surface area contributed by atoms with Crippen molar-refractivity contribution in [3.05, 3.63) is 30.0 Å².